The number of nitro benzene ring substituents is 1. The number of fused-ring (bicyclic) bond motifs is 1. The summed E-state index contributed by atoms with van der Waals surface area (Å²) in [6.07, 6.45) is 3.80. The lowest BCUT2D eigenvalue weighted by Gasteiger charge is -1.95. The third-order valence-electron chi connectivity index (χ3n) is 2.79. The summed E-state index contributed by atoms with van der Waals surface area (Å²) in [5, 5.41) is 10.6. The molecule has 0 saturated heterocycles. The molecule has 1 aromatic carbocycles. The van der Waals surface area contributed by atoms with Crippen LogP contribution in [0, 0.1) is 10.1 Å². The van der Waals surface area contributed by atoms with Crippen molar-refractivity contribution in [2.24, 2.45) is 0 Å². The molecule has 0 fully saturated rings. The maximum atomic E-state index is 10.6. The number of nitrogens with zero attached hydrogens (tertiary/aromatic N) is 3. The van der Waals surface area contributed by atoms with Crippen LogP contribution in [0.1, 0.15) is 0 Å². The number of benzene rings is 1. The summed E-state index contributed by atoms with van der Waals surface area (Å²) in [5.74, 6) is 0. The Morgan fingerprint density at radius 1 is 1.11 bits per heavy atom. The van der Waals surface area contributed by atoms with Gasteiger partial charge in [-0.1, -0.05) is 0 Å². The van der Waals surface area contributed by atoms with Gasteiger partial charge < -0.3 is 4.40 Å². The molecule has 0 N–H and O–H groups in total. The first-order valence-corrected chi connectivity index (χ1v) is 6.32. The minimum atomic E-state index is -0.412. The number of nitro groups is 1. The maximum Gasteiger partial charge on any atom is 0.269 e. The van der Waals surface area contributed by atoms with Crippen molar-refractivity contribution in [3.05, 3.63) is 63.4 Å². The lowest BCUT2D eigenvalue weighted by Crippen LogP contribution is -1.87. The molecule has 0 spiro atoms. The molecule has 0 radical (unpaired) electrons. The van der Waals surface area contributed by atoms with Crippen LogP contribution in [0.2, 0.25) is 0 Å². The van der Waals surface area contributed by atoms with Gasteiger partial charge in [0.05, 0.1) is 10.6 Å². The minimum Gasteiger partial charge on any atom is -0.305 e. The SMILES string of the molecule is O=[N+]([O-])c1ccc(-c2cn3cc(Br)ccc3n2)cc1. The molecule has 0 atom stereocenters. The van der Waals surface area contributed by atoms with Crippen LogP contribution >= 0.6 is 15.9 Å². The van der Waals surface area contributed by atoms with Crippen LogP contribution in [-0.2, 0) is 0 Å². The van der Waals surface area contributed by atoms with E-state index >= 15 is 0 Å². The minimum absolute atomic E-state index is 0.0789. The first-order chi connectivity index (χ1) is 9.13. The van der Waals surface area contributed by atoms with Crippen LogP contribution in [0.25, 0.3) is 16.9 Å². The molecule has 0 aliphatic heterocycles. The Morgan fingerprint density at radius 3 is 2.53 bits per heavy atom. The number of rotatable bonds is 2. The van der Waals surface area contributed by atoms with Crippen molar-refractivity contribution in [3.8, 4) is 11.3 Å². The van der Waals surface area contributed by atoms with Crippen molar-refractivity contribution >= 4 is 27.3 Å². The molecule has 0 amide bonds. The van der Waals surface area contributed by atoms with E-state index in [1.807, 2.05) is 28.9 Å². The molecule has 19 heavy (non-hydrogen) atoms. The summed E-state index contributed by atoms with van der Waals surface area (Å²) >= 11 is 3.40. The smallest absolute Gasteiger partial charge is 0.269 e. The van der Waals surface area contributed by atoms with E-state index in [9.17, 15) is 10.1 Å². The second kappa shape index (κ2) is 4.47. The summed E-state index contributed by atoms with van der Waals surface area (Å²) in [4.78, 5) is 14.7. The molecule has 3 aromatic rings. The van der Waals surface area contributed by atoms with Gasteiger partial charge in [0.15, 0.2) is 0 Å². The van der Waals surface area contributed by atoms with Crippen LogP contribution in [0.15, 0.2) is 53.3 Å². The fourth-order valence-corrected chi connectivity index (χ4v) is 2.21. The van der Waals surface area contributed by atoms with E-state index in [-0.39, 0.29) is 5.69 Å². The number of halogens is 1. The van der Waals surface area contributed by atoms with Crippen molar-refractivity contribution in [2.45, 2.75) is 0 Å². The zero-order valence-corrected chi connectivity index (χ0v) is 11.2. The predicted molar refractivity (Wildman–Crippen MR) is 75.0 cm³/mol. The van der Waals surface area contributed by atoms with Gasteiger partial charge >= 0.3 is 0 Å². The van der Waals surface area contributed by atoms with Crippen molar-refractivity contribution in [1.82, 2.24) is 9.38 Å². The molecule has 94 valence electrons. The third-order valence-corrected chi connectivity index (χ3v) is 3.26. The second-order valence-corrected chi connectivity index (χ2v) is 4.96. The first kappa shape index (κ1) is 11.9. The summed E-state index contributed by atoms with van der Waals surface area (Å²) in [6, 6.07) is 10.2. The van der Waals surface area contributed by atoms with Crippen molar-refractivity contribution in [3.63, 3.8) is 0 Å². The Bertz CT molecular complexity index is 765. The molecule has 6 heteroatoms. The summed E-state index contributed by atoms with van der Waals surface area (Å²) in [5.41, 5.74) is 2.55. The summed E-state index contributed by atoms with van der Waals surface area (Å²) < 4.78 is 2.87. The van der Waals surface area contributed by atoms with Crippen LogP contribution in [0.4, 0.5) is 5.69 Å². The van der Waals surface area contributed by atoms with Gasteiger partial charge in [0, 0.05) is 34.6 Å². The fourth-order valence-electron chi connectivity index (χ4n) is 1.86. The lowest BCUT2D eigenvalue weighted by atomic mass is 10.1. The van der Waals surface area contributed by atoms with Gasteiger partial charge in [0.25, 0.3) is 5.69 Å². The van der Waals surface area contributed by atoms with E-state index < -0.39 is 4.92 Å². The highest BCUT2D eigenvalue weighted by atomic mass is 79.9. The van der Waals surface area contributed by atoms with Crippen LogP contribution in [0.5, 0.6) is 0 Å². The van der Waals surface area contributed by atoms with Crippen molar-refractivity contribution in [2.75, 3.05) is 0 Å². The molecule has 0 unspecified atom stereocenters. The van der Waals surface area contributed by atoms with Crippen LogP contribution < -0.4 is 0 Å². The number of non-ortho nitro benzene ring substituents is 1. The Kier molecular flexibility index (Phi) is 2.79. The molecule has 0 saturated carbocycles. The quantitative estimate of drug-likeness (QED) is 0.535. The standard InChI is InChI=1S/C13H8BrN3O2/c14-10-3-6-13-15-12(8-16(13)7-10)9-1-4-11(5-2-9)17(18)19/h1-8H. The molecule has 3 rings (SSSR count). The van der Waals surface area contributed by atoms with Crippen molar-refractivity contribution in [1.29, 1.82) is 0 Å². The highest BCUT2D eigenvalue weighted by Gasteiger charge is 2.08. The van der Waals surface area contributed by atoms with E-state index in [1.165, 1.54) is 12.1 Å². The Morgan fingerprint density at radius 2 is 1.84 bits per heavy atom. The molecular formula is C13H8BrN3O2. The van der Waals surface area contributed by atoms with Gasteiger partial charge in [0.1, 0.15) is 5.65 Å². The van der Waals surface area contributed by atoms with E-state index in [0.29, 0.717) is 0 Å². The van der Waals surface area contributed by atoms with Gasteiger partial charge in [-0.05, 0) is 40.2 Å². The van der Waals surface area contributed by atoms with E-state index in [0.717, 1.165) is 21.4 Å². The van der Waals surface area contributed by atoms with E-state index in [2.05, 4.69) is 20.9 Å². The monoisotopic (exact) mass is 317 g/mol. The first-order valence-electron chi connectivity index (χ1n) is 5.52. The Balaban J connectivity index is 2.06. The van der Waals surface area contributed by atoms with Gasteiger partial charge in [-0.25, -0.2) is 4.98 Å². The highest BCUT2D eigenvalue weighted by molar-refractivity contribution is 9.10. The zero-order valence-electron chi connectivity index (χ0n) is 9.65. The number of hydrogen-bond acceptors (Lipinski definition) is 3. The second-order valence-electron chi connectivity index (χ2n) is 4.04. The number of aromatic nitrogens is 2. The normalized spacial score (nSPS) is 10.8. The highest BCUT2D eigenvalue weighted by Crippen LogP contribution is 2.23. The topological polar surface area (TPSA) is 60.4 Å². The van der Waals surface area contributed by atoms with Crippen LogP contribution in [0.3, 0.4) is 0 Å². The zero-order chi connectivity index (χ0) is 13.4. The molecule has 5 nitrogen and oxygen atoms in total. The number of imidazole rings is 1. The van der Waals surface area contributed by atoms with Crippen LogP contribution in [-0.4, -0.2) is 14.3 Å². The molecule has 2 heterocycles. The third kappa shape index (κ3) is 2.22. The van der Waals surface area contributed by atoms with Crippen molar-refractivity contribution < 1.29 is 4.92 Å². The lowest BCUT2D eigenvalue weighted by molar-refractivity contribution is -0.384. The number of hydrogen-bond donors (Lipinski definition) is 0. The number of pyridine rings is 1. The largest absolute Gasteiger partial charge is 0.305 e. The average Bonchev–Trinajstić information content (AvgIpc) is 2.81. The van der Waals surface area contributed by atoms with E-state index in [1.54, 1.807) is 12.1 Å². The Hall–Kier alpha value is -2.21. The molecule has 2 aromatic heterocycles. The van der Waals surface area contributed by atoms with Gasteiger partial charge in [-0.15, -0.1) is 0 Å². The van der Waals surface area contributed by atoms with Gasteiger partial charge in [0.2, 0.25) is 0 Å². The summed E-state index contributed by atoms with van der Waals surface area (Å²) in [6.45, 7) is 0. The fraction of sp³-hybridized carbons (Fsp3) is 0. The maximum absolute atomic E-state index is 10.6. The molecule has 0 aliphatic carbocycles. The summed E-state index contributed by atoms with van der Waals surface area (Å²) in [7, 11) is 0. The van der Waals surface area contributed by atoms with E-state index in [4.69, 9.17) is 0 Å². The van der Waals surface area contributed by atoms with Gasteiger partial charge in [-0.3, -0.25) is 10.1 Å². The van der Waals surface area contributed by atoms with Gasteiger partial charge in [-0.2, -0.15) is 0 Å². The predicted octanol–water partition coefficient (Wildman–Crippen LogP) is 3.67. The Labute approximate surface area is 116 Å². The molecule has 0 bridgehead atoms. The molecular weight excluding hydrogens is 310 g/mol. The average molecular weight is 318 g/mol. The molecule has 0 aliphatic rings.